The standard InChI is InChI=1S/C14H15N3/c1-7-4-3-5-8-11(7)15-16-13(8)14-6-17(2)12-9(14)10(12)14/h3-5,9-10,12H,6H2,1-2H3,(H,15,16). The number of hydrogen-bond donors (Lipinski definition) is 1. The number of nitrogens with one attached hydrogen (secondary N) is 1. The van der Waals surface area contributed by atoms with E-state index in [1.54, 1.807) is 0 Å². The number of aromatic nitrogens is 2. The normalized spacial score (nSPS) is 41.9. The monoisotopic (exact) mass is 225 g/mol. The number of aromatic amines is 1. The van der Waals surface area contributed by atoms with Crippen LogP contribution in [0.5, 0.6) is 0 Å². The fourth-order valence-electron chi connectivity index (χ4n) is 4.51. The Morgan fingerprint density at radius 2 is 2.24 bits per heavy atom. The SMILES string of the molecule is Cc1cccc2c(C34CN(C)C5C3C54)[nH]nc12. The van der Waals surface area contributed by atoms with Crippen molar-refractivity contribution in [1.82, 2.24) is 15.1 Å². The number of nitrogens with zero attached hydrogens (tertiary/aromatic N) is 2. The van der Waals surface area contributed by atoms with Crippen molar-refractivity contribution in [3.63, 3.8) is 0 Å². The summed E-state index contributed by atoms with van der Waals surface area (Å²) in [5.74, 6) is 1.85. The van der Waals surface area contributed by atoms with E-state index < -0.39 is 0 Å². The van der Waals surface area contributed by atoms with E-state index >= 15 is 0 Å². The number of fused-ring (bicyclic) bond motifs is 2. The maximum atomic E-state index is 4.53. The van der Waals surface area contributed by atoms with Crippen molar-refractivity contribution in [2.45, 2.75) is 18.4 Å². The number of H-pyrrole nitrogens is 1. The molecular weight excluding hydrogens is 210 g/mol. The van der Waals surface area contributed by atoms with Crippen LogP contribution in [0.25, 0.3) is 10.9 Å². The molecule has 0 amide bonds. The molecule has 3 nitrogen and oxygen atoms in total. The second-order valence-corrected chi connectivity index (χ2v) is 6.07. The van der Waals surface area contributed by atoms with Gasteiger partial charge in [-0.25, -0.2) is 0 Å². The van der Waals surface area contributed by atoms with E-state index in [-0.39, 0.29) is 0 Å². The molecule has 1 N–H and O–H groups in total. The summed E-state index contributed by atoms with van der Waals surface area (Å²) in [6.07, 6.45) is 0. The van der Waals surface area contributed by atoms with Crippen LogP contribution in [0.1, 0.15) is 11.3 Å². The van der Waals surface area contributed by atoms with Crippen LogP contribution in [0.15, 0.2) is 18.2 Å². The van der Waals surface area contributed by atoms with Crippen molar-refractivity contribution >= 4 is 10.9 Å². The first kappa shape index (κ1) is 8.70. The molecule has 1 aromatic carbocycles. The van der Waals surface area contributed by atoms with Crippen LogP contribution in [0.3, 0.4) is 0 Å². The summed E-state index contributed by atoms with van der Waals surface area (Å²) in [7, 11) is 2.26. The van der Waals surface area contributed by atoms with Crippen LogP contribution in [-0.4, -0.2) is 34.7 Å². The molecule has 86 valence electrons. The van der Waals surface area contributed by atoms with Crippen molar-refractivity contribution < 1.29 is 0 Å². The topological polar surface area (TPSA) is 31.9 Å². The molecule has 0 spiro atoms. The number of piperidine rings is 1. The zero-order valence-corrected chi connectivity index (χ0v) is 10.1. The number of benzene rings is 1. The van der Waals surface area contributed by atoms with Crippen LogP contribution in [0, 0.1) is 18.8 Å². The van der Waals surface area contributed by atoms with E-state index in [0.717, 1.165) is 23.4 Å². The van der Waals surface area contributed by atoms with Gasteiger partial charge in [0.15, 0.2) is 0 Å². The van der Waals surface area contributed by atoms with Gasteiger partial charge in [0.25, 0.3) is 0 Å². The lowest BCUT2D eigenvalue weighted by Crippen LogP contribution is -2.18. The Morgan fingerprint density at radius 3 is 2.94 bits per heavy atom. The Balaban J connectivity index is 1.75. The molecule has 2 bridgehead atoms. The minimum Gasteiger partial charge on any atom is -0.302 e. The summed E-state index contributed by atoms with van der Waals surface area (Å²) < 4.78 is 0. The summed E-state index contributed by atoms with van der Waals surface area (Å²) >= 11 is 0. The molecule has 2 saturated heterocycles. The molecule has 2 aliphatic heterocycles. The van der Waals surface area contributed by atoms with Crippen molar-refractivity contribution in [2.24, 2.45) is 11.8 Å². The lowest BCUT2D eigenvalue weighted by Gasteiger charge is -2.13. The Labute approximate surface area is 99.8 Å². The number of aryl methyl sites for hydroxylation is 1. The van der Waals surface area contributed by atoms with E-state index in [9.17, 15) is 0 Å². The third-order valence-corrected chi connectivity index (χ3v) is 5.33. The van der Waals surface area contributed by atoms with Gasteiger partial charge in [0.1, 0.15) is 0 Å². The number of likely N-dealkylation sites (N-methyl/N-ethyl adjacent to an activating group) is 1. The Kier molecular flexibility index (Phi) is 1.16. The lowest BCUT2D eigenvalue weighted by atomic mass is 9.90. The van der Waals surface area contributed by atoms with Crippen LogP contribution >= 0.6 is 0 Å². The molecule has 6 rings (SSSR count). The number of rotatable bonds is 1. The van der Waals surface area contributed by atoms with Gasteiger partial charge in [-0.1, -0.05) is 18.2 Å². The highest BCUT2D eigenvalue weighted by Crippen LogP contribution is 2.83. The molecule has 3 heterocycles. The van der Waals surface area contributed by atoms with E-state index in [1.165, 1.54) is 23.2 Å². The van der Waals surface area contributed by atoms with E-state index in [2.05, 4.69) is 47.3 Å². The van der Waals surface area contributed by atoms with Gasteiger partial charge in [0.2, 0.25) is 0 Å². The van der Waals surface area contributed by atoms with Crippen LogP contribution in [0.2, 0.25) is 0 Å². The smallest absolute Gasteiger partial charge is 0.0953 e. The maximum absolute atomic E-state index is 4.53. The molecule has 1 aromatic heterocycles. The van der Waals surface area contributed by atoms with Crippen LogP contribution < -0.4 is 0 Å². The van der Waals surface area contributed by atoms with Crippen molar-refractivity contribution in [2.75, 3.05) is 13.6 Å². The lowest BCUT2D eigenvalue weighted by molar-refractivity contribution is 0.394. The van der Waals surface area contributed by atoms with Gasteiger partial charge in [0, 0.05) is 23.4 Å². The van der Waals surface area contributed by atoms with E-state index in [0.29, 0.717) is 5.41 Å². The average molecular weight is 225 g/mol. The summed E-state index contributed by atoms with van der Waals surface area (Å²) in [6, 6.07) is 7.40. The number of hydrogen-bond acceptors (Lipinski definition) is 2. The predicted molar refractivity (Wildman–Crippen MR) is 65.9 cm³/mol. The maximum Gasteiger partial charge on any atom is 0.0953 e. The molecule has 2 unspecified atom stereocenters. The number of para-hydroxylation sites is 1. The summed E-state index contributed by atoms with van der Waals surface area (Å²) in [6.45, 7) is 3.36. The van der Waals surface area contributed by atoms with Gasteiger partial charge in [-0.3, -0.25) is 5.10 Å². The third kappa shape index (κ3) is 0.730. The molecule has 2 aliphatic carbocycles. The quantitative estimate of drug-likeness (QED) is 0.800. The molecule has 3 heteroatoms. The molecule has 17 heavy (non-hydrogen) atoms. The summed E-state index contributed by atoms with van der Waals surface area (Å²) in [5, 5.41) is 9.22. The molecule has 2 aromatic rings. The highest BCUT2D eigenvalue weighted by Gasteiger charge is 2.90. The Morgan fingerprint density at radius 1 is 1.41 bits per heavy atom. The van der Waals surface area contributed by atoms with Gasteiger partial charge in [0.05, 0.1) is 11.2 Å². The molecule has 2 atom stereocenters. The second kappa shape index (κ2) is 2.27. The predicted octanol–water partition coefficient (Wildman–Crippen LogP) is 1.68. The highest BCUT2D eigenvalue weighted by atomic mass is 15.3. The zero-order valence-electron chi connectivity index (χ0n) is 10.1. The first-order valence-corrected chi connectivity index (χ1v) is 6.39. The minimum atomic E-state index is 0.446. The van der Waals surface area contributed by atoms with Gasteiger partial charge >= 0.3 is 0 Å². The first-order chi connectivity index (χ1) is 8.25. The van der Waals surface area contributed by atoms with Crippen LogP contribution in [-0.2, 0) is 5.41 Å². The largest absolute Gasteiger partial charge is 0.302 e. The van der Waals surface area contributed by atoms with Gasteiger partial charge in [-0.2, -0.15) is 5.10 Å². The fourth-order valence-corrected chi connectivity index (χ4v) is 4.51. The van der Waals surface area contributed by atoms with Gasteiger partial charge in [-0.15, -0.1) is 0 Å². The van der Waals surface area contributed by atoms with Gasteiger partial charge < -0.3 is 4.90 Å². The second-order valence-electron chi connectivity index (χ2n) is 6.07. The van der Waals surface area contributed by atoms with Crippen molar-refractivity contribution in [1.29, 1.82) is 0 Å². The van der Waals surface area contributed by atoms with E-state index in [4.69, 9.17) is 0 Å². The minimum absolute atomic E-state index is 0.446. The van der Waals surface area contributed by atoms with Crippen LogP contribution in [0.4, 0.5) is 0 Å². The zero-order chi connectivity index (χ0) is 11.4. The van der Waals surface area contributed by atoms with Gasteiger partial charge in [-0.05, 0) is 31.4 Å². The average Bonchev–Trinajstić information content (AvgIpc) is 3.03. The molecular formula is C14H15N3. The highest BCUT2D eigenvalue weighted by molar-refractivity contribution is 5.86. The fraction of sp³-hybridized carbons (Fsp3) is 0.500. The van der Waals surface area contributed by atoms with Crippen molar-refractivity contribution in [3.8, 4) is 0 Å². The molecule has 0 radical (unpaired) electrons. The van der Waals surface area contributed by atoms with E-state index in [1.807, 2.05) is 0 Å². The summed E-state index contributed by atoms with van der Waals surface area (Å²) in [5.41, 5.74) is 4.29. The molecule has 4 fully saturated rings. The molecule has 4 aliphatic rings. The van der Waals surface area contributed by atoms with Crippen molar-refractivity contribution in [3.05, 3.63) is 29.5 Å². The Hall–Kier alpha value is -1.35. The molecule has 2 saturated carbocycles. The third-order valence-electron chi connectivity index (χ3n) is 5.33. The Bertz CT molecular complexity index is 647. The first-order valence-electron chi connectivity index (χ1n) is 6.39. The summed E-state index contributed by atoms with van der Waals surface area (Å²) in [4.78, 5) is 2.53.